The Morgan fingerprint density at radius 3 is 3.08 bits per heavy atom. The number of imidazole rings is 1. The van der Waals surface area contributed by atoms with Crippen LogP contribution in [0, 0.1) is 0 Å². The van der Waals surface area contributed by atoms with E-state index in [0.717, 1.165) is 29.0 Å². The van der Waals surface area contributed by atoms with Crippen LogP contribution in [0.2, 0.25) is 5.02 Å². The van der Waals surface area contributed by atoms with Crippen LogP contribution in [0.3, 0.4) is 0 Å². The molecule has 1 aromatic carbocycles. The summed E-state index contributed by atoms with van der Waals surface area (Å²) in [6.45, 7) is 3.17. The molecule has 2 nitrogen and oxygen atoms in total. The number of aromatic nitrogens is 2. The SMILES string of the molecule is CCCn1cnc2cc(Cl)ccc21. The highest BCUT2D eigenvalue weighted by Crippen LogP contribution is 2.18. The maximum absolute atomic E-state index is 5.86. The number of hydrogen-bond acceptors (Lipinski definition) is 1. The quantitative estimate of drug-likeness (QED) is 0.719. The largest absolute Gasteiger partial charge is 0.331 e. The number of fused-ring (bicyclic) bond motifs is 1. The highest BCUT2D eigenvalue weighted by molar-refractivity contribution is 6.31. The van der Waals surface area contributed by atoms with Gasteiger partial charge in [-0.15, -0.1) is 0 Å². The van der Waals surface area contributed by atoms with Gasteiger partial charge in [0.1, 0.15) is 0 Å². The molecule has 3 heteroatoms. The standard InChI is InChI=1S/C10H11ClN2/c1-2-5-13-7-12-9-6-8(11)3-4-10(9)13/h3-4,6-7H,2,5H2,1H3. The van der Waals surface area contributed by atoms with Gasteiger partial charge >= 0.3 is 0 Å². The molecule has 0 unspecified atom stereocenters. The molecule has 0 aliphatic rings. The van der Waals surface area contributed by atoms with E-state index in [1.165, 1.54) is 0 Å². The third-order valence-electron chi connectivity index (χ3n) is 2.05. The van der Waals surface area contributed by atoms with Crippen LogP contribution in [0.5, 0.6) is 0 Å². The molecule has 13 heavy (non-hydrogen) atoms. The molecule has 0 saturated carbocycles. The van der Waals surface area contributed by atoms with E-state index in [0.29, 0.717) is 0 Å². The third kappa shape index (κ3) is 1.54. The zero-order valence-corrected chi connectivity index (χ0v) is 8.25. The number of nitrogens with zero attached hydrogens (tertiary/aromatic N) is 2. The molecule has 1 aromatic heterocycles. The molecule has 0 spiro atoms. The van der Waals surface area contributed by atoms with E-state index in [4.69, 9.17) is 11.6 Å². The summed E-state index contributed by atoms with van der Waals surface area (Å²) in [5, 5.41) is 0.745. The first-order valence-electron chi connectivity index (χ1n) is 4.41. The second-order valence-electron chi connectivity index (χ2n) is 3.07. The molecule has 2 aromatic rings. The van der Waals surface area contributed by atoms with E-state index < -0.39 is 0 Å². The van der Waals surface area contributed by atoms with Gasteiger partial charge in [-0.05, 0) is 24.6 Å². The van der Waals surface area contributed by atoms with Gasteiger partial charge < -0.3 is 4.57 Å². The van der Waals surface area contributed by atoms with Crippen molar-refractivity contribution in [1.82, 2.24) is 9.55 Å². The lowest BCUT2D eigenvalue weighted by atomic mass is 10.3. The summed E-state index contributed by atoms with van der Waals surface area (Å²) in [6, 6.07) is 5.81. The van der Waals surface area contributed by atoms with Crippen molar-refractivity contribution in [2.45, 2.75) is 19.9 Å². The summed E-state index contributed by atoms with van der Waals surface area (Å²) in [5.74, 6) is 0. The first-order chi connectivity index (χ1) is 6.31. The summed E-state index contributed by atoms with van der Waals surface area (Å²) >= 11 is 5.86. The van der Waals surface area contributed by atoms with E-state index in [1.807, 2.05) is 24.5 Å². The summed E-state index contributed by atoms with van der Waals surface area (Å²) in [5.41, 5.74) is 2.13. The Bertz CT molecular complexity index is 420. The van der Waals surface area contributed by atoms with Gasteiger partial charge in [-0.3, -0.25) is 0 Å². The highest BCUT2D eigenvalue weighted by Gasteiger charge is 2.01. The number of rotatable bonds is 2. The Balaban J connectivity index is 2.55. The Kier molecular flexibility index (Phi) is 2.23. The summed E-state index contributed by atoms with van der Waals surface area (Å²) in [4.78, 5) is 4.28. The number of hydrogen-bond donors (Lipinski definition) is 0. The minimum atomic E-state index is 0.745. The van der Waals surface area contributed by atoms with Crippen molar-refractivity contribution < 1.29 is 0 Å². The molecule has 0 radical (unpaired) electrons. The molecule has 0 aliphatic carbocycles. The topological polar surface area (TPSA) is 17.8 Å². The van der Waals surface area contributed by atoms with Gasteiger partial charge in [0.05, 0.1) is 17.4 Å². The number of benzene rings is 1. The Labute approximate surface area is 82.1 Å². The van der Waals surface area contributed by atoms with Crippen molar-refractivity contribution >= 4 is 22.6 Å². The lowest BCUT2D eigenvalue weighted by Crippen LogP contribution is -1.93. The van der Waals surface area contributed by atoms with E-state index >= 15 is 0 Å². The smallest absolute Gasteiger partial charge is 0.0958 e. The average molecular weight is 195 g/mol. The Morgan fingerprint density at radius 2 is 2.31 bits per heavy atom. The molecule has 0 saturated heterocycles. The van der Waals surface area contributed by atoms with Gasteiger partial charge in [-0.2, -0.15) is 0 Å². The molecule has 0 aliphatic heterocycles. The van der Waals surface area contributed by atoms with Crippen LogP contribution in [0.15, 0.2) is 24.5 Å². The van der Waals surface area contributed by atoms with Gasteiger partial charge in [-0.25, -0.2) is 4.98 Å². The molecule has 0 fully saturated rings. The number of halogens is 1. The first-order valence-corrected chi connectivity index (χ1v) is 4.79. The lowest BCUT2D eigenvalue weighted by molar-refractivity contribution is 0.697. The summed E-state index contributed by atoms with van der Waals surface area (Å²) < 4.78 is 2.14. The van der Waals surface area contributed by atoms with E-state index in [1.54, 1.807) is 0 Å². The van der Waals surface area contributed by atoms with Crippen LogP contribution in [0.25, 0.3) is 11.0 Å². The van der Waals surface area contributed by atoms with Crippen LogP contribution in [0.1, 0.15) is 13.3 Å². The van der Waals surface area contributed by atoms with Gasteiger partial charge in [0.15, 0.2) is 0 Å². The van der Waals surface area contributed by atoms with Gasteiger partial charge in [0, 0.05) is 11.6 Å². The maximum Gasteiger partial charge on any atom is 0.0958 e. The van der Waals surface area contributed by atoms with E-state index in [9.17, 15) is 0 Å². The van der Waals surface area contributed by atoms with Crippen LogP contribution in [-0.4, -0.2) is 9.55 Å². The Hall–Kier alpha value is -1.02. The fourth-order valence-electron chi connectivity index (χ4n) is 1.46. The van der Waals surface area contributed by atoms with Gasteiger partial charge in [-0.1, -0.05) is 18.5 Å². The van der Waals surface area contributed by atoms with Crippen molar-refractivity contribution in [3.63, 3.8) is 0 Å². The minimum Gasteiger partial charge on any atom is -0.331 e. The summed E-state index contributed by atoms with van der Waals surface area (Å²) in [7, 11) is 0. The maximum atomic E-state index is 5.86. The second kappa shape index (κ2) is 3.38. The molecule has 0 bridgehead atoms. The van der Waals surface area contributed by atoms with Crippen LogP contribution in [0.4, 0.5) is 0 Å². The molecular weight excluding hydrogens is 184 g/mol. The van der Waals surface area contributed by atoms with Crippen LogP contribution in [-0.2, 0) is 6.54 Å². The van der Waals surface area contributed by atoms with Crippen molar-refractivity contribution in [1.29, 1.82) is 0 Å². The molecule has 0 atom stereocenters. The van der Waals surface area contributed by atoms with Gasteiger partial charge in [0.25, 0.3) is 0 Å². The summed E-state index contributed by atoms with van der Waals surface area (Å²) in [6.07, 6.45) is 2.98. The van der Waals surface area contributed by atoms with Crippen LogP contribution >= 0.6 is 11.6 Å². The zero-order chi connectivity index (χ0) is 9.26. The Morgan fingerprint density at radius 1 is 1.46 bits per heavy atom. The second-order valence-corrected chi connectivity index (χ2v) is 3.51. The van der Waals surface area contributed by atoms with E-state index in [2.05, 4.69) is 16.5 Å². The molecule has 68 valence electrons. The minimum absolute atomic E-state index is 0.745. The third-order valence-corrected chi connectivity index (χ3v) is 2.28. The molecule has 0 N–H and O–H groups in total. The van der Waals surface area contributed by atoms with Crippen LogP contribution < -0.4 is 0 Å². The molecule has 1 heterocycles. The number of aryl methyl sites for hydroxylation is 1. The van der Waals surface area contributed by atoms with Crippen molar-refractivity contribution in [3.05, 3.63) is 29.5 Å². The monoisotopic (exact) mass is 194 g/mol. The predicted molar refractivity (Wildman–Crippen MR) is 55.0 cm³/mol. The van der Waals surface area contributed by atoms with E-state index in [-0.39, 0.29) is 0 Å². The molecule has 0 amide bonds. The lowest BCUT2D eigenvalue weighted by Gasteiger charge is -2.00. The van der Waals surface area contributed by atoms with Crippen molar-refractivity contribution in [2.75, 3.05) is 0 Å². The highest BCUT2D eigenvalue weighted by atomic mass is 35.5. The zero-order valence-electron chi connectivity index (χ0n) is 7.50. The molecular formula is C10H11ClN2. The average Bonchev–Trinajstić information content (AvgIpc) is 2.49. The fraction of sp³-hybridized carbons (Fsp3) is 0.300. The van der Waals surface area contributed by atoms with Crippen molar-refractivity contribution in [3.8, 4) is 0 Å². The molecule has 2 rings (SSSR count). The van der Waals surface area contributed by atoms with Crippen molar-refractivity contribution in [2.24, 2.45) is 0 Å². The predicted octanol–water partition coefficient (Wildman–Crippen LogP) is 3.10. The fourth-order valence-corrected chi connectivity index (χ4v) is 1.62. The normalized spacial score (nSPS) is 10.9. The first kappa shape index (κ1) is 8.57. The van der Waals surface area contributed by atoms with Gasteiger partial charge in [0.2, 0.25) is 0 Å².